The Hall–Kier alpha value is -1.84. The molecule has 4 nitrogen and oxygen atoms in total. The van der Waals surface area contributed by atoms with Crippen LogP contribution in [0.3, 0.4) is 0 Å². The van der Waals surface area contributed by atoms with Crippen LogP contribution in [0.2, 0.25) is 0 Å². The molecule has 0 bridgehead atoms. The molecule has 116 valence electrons. The van der Waals surface area contributed by atoms with E-state index in [4.69, 9.17) is 9.97 Å². The molecular formula is C18H24N4. The molecule has 0 amide bonds. The van der Waals surface area contributed by atoms with Gasteiger partial charge >= 0.3 is 0 Å². The van der Waals surface area contributed by atoms with Crippen molar-refractivity contribution in [3.05, 3.63) is 24.3 Å². The molecular weight excluding hydrogens is 272 g/mol. The predicted octanol–water partition coefficient (Wildman–Crippen LogP) is 3.61. The molecule has 0 radical (unpaired) electrons. The zero-order valence-electron chi connectivity index (χ0n) is 13.2. The Kier molecular flexibility index (Phi) is 3.83. The summed E-state index contributed by atoms with van der Waals surface area (Å²) in [6, 6.07) is 8.46. The van der Waals surface area contributed by atoms with Gasteiger partial charge in [-0.3, -0.25) is 0 Å². The number of hydrogen-bond donors (Lipinski definition) is 0. The van der Waals surface area contributed by atoms with Crippen LogP contribution in [0.1, 0.15) is 38.5 Å². The Labute approximate surface area is 132 Å². The van der Waals surface area contributed by atoms with Crippen molar-refractivity contribution < 1.29 is 0 Å². The van der Waals surface area contributed by atoms with Crippen molar-refractivity contribution in [3.8, 4) is 0 Å². The molecule has 4 rings (SSSR count). The van der Waals surface area contributed by atoms with Gasteiger partial charge in [-0.1, -0.05) is 25.0 Å². The summed E-state index contributed by atoms with van der Waals surface area (Å²) in [4.78, 5) is 14.7. The molecule has 1 aromatic heterocycles. The van der Waals surface area contributed by atoms with Crippen LogP contribution in [-0.4, -0.2) is 36.1 Å². The maximum Gasteiger partial charge on any atom is 0.227 e. The molecule has 0 aliphatic carbocycles. The third-order valence-electron chi connectivity index (χ3n) is 4.87. The van der Waals surface area contributed by atoms with Gasteiger partial charge < -0.3 is 9.80 Å². The number of para-hydroxylation sites is 1. The summed E-state index contributed by atoms with van der Waals surface area (Å²) >= 11 is 0. The van der Waals surface area contributed by atoms with Gasteiger partial charge in [0.1, 0.15) is 5.82 Å². The van der Waals surface area contributed by atoms with Crippen LogP contribution < -0.4 is 9.80 Å². The quantitative estimate of drug-likeness (QED) is 0.847. The van der Waals surface area contributed by atoms with Crippen LogP contribution in [0, 0.1) is 0 Å². The van der Waals surface area contributed by atoms with Crippen molar-refractivity contribution in [1.29, 1.82) is 0 Å². The Balaban J connectivity index is 1.78. The van der Waals surface area contributed by atoms with Crippen LogP contribution in [0.25, 0.3) is 10.9 Å². The van der Waals surface area contributed by atoms with Gasteiger partial charge in [-0.25, -0.2) is 4.98 Å². The van der Waals surface area contributed by atoms with E-state index < -0.39 is 0 Å². The third-order valence-corrected chi connectivity index (χ3v) is 4.87. The molecule has 0 unspecified atom stereocenters. The van der Waals surface area contributed by atoms with E-state index in [2.05, 4.69) is 34.1 Å². The molecule has 0 N–H and O–H groups in total. The van der Waals surface area contributed by atoms with E-state index in [1.54, 1.807) is 0 Å². The van der Waals surface area contributed by atoms with Crippen molar-refractivity contribution in [2.45, 2.75) is 38.5 Å². The van der Waals surface area contributed by atoms with E-state index in [0.717, 1.165) is 43.5 Å². The highest BCUT2D eigenvalue weighted by atomic mass is 15.3. The van der Waals surface area contributed by atoms with E-state index in [1.807, 2.05) is 0 Å². The topological polar surface area (TPSA) is 32.3 Å². The number of benzene rings is 1. The van der Waals surface area contributed by atoms with Crippen LogP contribution in [-0.2, 0) is 0 Å². The molecule has 2 saturated heterocycles. The highest BCUT2D eigenvalue weighted by Crippen LogP contribution is 2.29. The summed E-state index contributed by atoms with van der Waals surface area (Å²) in [6.07, 6.45) is 7.74. The normalized spacial score (nSPS) is 19.6. The standard InChI is InChI=1S/C18H24N4/c1-2-6-14-22(13-5-1)18-19-16-10-4-3-9-15(16)17(20-18)21-11-7-8-12-21/h3-4,9-10H,1-2,5-8,11-14H2. The molecule has 0 saturated carbocycles. The lowest BCUT2D eigenvalue weighted by atomic mass is 10.2. The Morgan fingerprint density at radius 1 is 0.682 bits per heavy atom. The average Bonchev–Trinajstić information content (AvgIpc) is 2.96. The first kappa shape index (κ1) is 13.8. The summed E-state index contributed by atoms with van der Waals surface area (Å²) in [5.74, 6) is 2.07. The maximum absolute atomic E-state index is 4.99. The molecule has 2 aliphatic rings. The van der Waals surface area contributed by atoms with Crippen LogP contribution >= 0.6 is 0 Å². The third kappa shape index (κ3) is 2.62. The number of fused-ring (bicyclic) bond motifs is 1. The van der Waals surface area contributed by atoms with E-state index in [9.17, 15) is 0 Å². The minimum Gasteiger partial charge on any atom is -0.356 e. The van der Waals surface area contributed by atoms with Gasteiger partial charge in [-0.2, -0.15) is 4.98 Å². The highest BCUT2D eigenvalue weighted by Gasteiger charge is 2.20. The first-order valence-electron chi connectivity index (χ1n) is 8.68. The highest BCUT2D eigenvalue weighted by molar-refractivity contribution is 5.90. The van der Waals surface area contributed by atoms with E-state index in [1.165, 1.54) is 43.9 Å². The Morgan fingerprint density at radius 2 is 1.32 bits per heavy atom. The lowest BCUT2D eigenvalue weighted by molar-refractivity contribution is 0.726. The lowest BCUT2D eigenvalue weighted by Crippen LogP contribution is -2.27. The first-order chi connectivity index (χ1) is 10.9. The van der Waals surface area contributed by atoms with Crippen LogP contribution in [0.15, 0.2) is 24.3 Å². The molecule has 4 heteroatoms. The maximum atomic E-state index is 4.99. The van der Waals surface area contributed by atoms with Crippen LogP contribution in [0.5, 0.6) is 0 Å². The van der Waals surface area contributed by atoms with Gasteiger partial charge in [0, 0.05) is 31.6 Å². The fourth-order valence-corrected chi connectivity index (χ4v) is 3.63. The molecule has 3 heterocycles. The largest absolute Gasteiger partial charge is 0.356 e. The number of nitrogens with zero attached hydrogens (tertiary/aromatic N) is 4. The van der Waals surface area contributed by atoms with E-state index in [-0.39, 0.29) is 0 Å². The van der Waals surface area contributed by atoms with Crippen molar-refractivity contribution in [3.63, 3.8) is 0 Å². The Bertz CT molecular complexity index is 641. The second-order valence-corrected chi connectivity index (χ2v) is 6.46. The summed E-state index contributed by atoms with van der Waals surface area (Å²) in [5, 5.41) is 1.20. The first-order valence-corrected chi connectivity index (χ1v) is 8.68. The summed E-state index contributed by atoms with van der Waals surface area (Å²) in [5.41, 5.74) is 1.08. The minimum absolute atomic E-state index is 0.933. The average molecular weight is 296 g/mol. The van der Waals surface area contributed by atoms with Gasteiger partial charge in [-0.05, 0) is 37.8 Å². The van der Waals surface area contributed by atoms with Gasteiger partial charge in [0.15, 0.2) is 0 Å². The number of aromatic nitrogens is 2. The predicted molar refractivity (Wildman–Crippen MR) is 91.7 cm³/mol. The molecule has 1 aromatic carbocycles. The zero-order valence-corrected chi connectivity index (χ0v) is 13.2. The Morgan fingerprint density at radius 3 is 2.09 bits per heavy atom. The lowest BCUT2D eigenvalue weighted by Gasteiger charge is -2.24. The molecule has 2 fully saturated rings. The SMILES string of the molecule is c1ccc2c(N3CCCC3)nc(N3CCCCCC3)nc2c1. The van der Waals surface area contributed by atoms with Gasteiger partial charge in [0.25, 0.3) is 0 Å². The number of rotatable bonds is 2. The smallest absolute Gasteiger partial charge is 0.227 e. The fourth-order valence-electron chi connectivity index (χ4n) is 3.63. The summed E-state index contributed by atoms with van der Waals surface area (Å²) in [7, 11) is 0. The van der Waals surface area contributed by atoms with E-state index in [0.29, 0.717) is 0 Å². The second-order valence-electron chi connectivity index (χ2n) is 6.46. The van der Waals surface area contributed by atoms with Gasteiger partial charge in [-0.15, -0.1) is 0 Å². The molecule has 0 spiro atoms. The summed E-state index contributed by atoms with van der Waals surface area (Å²) < 4.78 is 0. The fraction of sp³-hybridized carbons (Fsp3) is 0.556. The van der Waals surface area contributed by atoms with Crippen LogP contribution in [0.4, 0.5) is 11.8 Å². The second kappa shape index (κ2) is 6.11. The van der Waals surface area contributed by atoms with Crippen molar-refractivity contribution in [1.82, 2.24) is 9.97 Å². The molecule has 2 aliphatic heterocycles. The van der Waals surface area contributed by atoms with Gasteiger partial charge in [0.2, 0.25) is 5.95 Å². The van der Waals surface area contributed by atoms with E-state index >= 15 is 0 Å². The minimum atomic E-state index is 0.933. The monoisotopic (exact) mass is 296 g/mol. The van der Waals surface area contributed by atoms with Crippen molar-refractivity contribution >= 4 is 22.7 Å². The molecule has 0 atom stereocenters. The summed E-state index contributed by atoms with van der Waals surface area (Å²) in [6.45, 7) is 4.44. The van der Waals surface area contributed by atoms with Crippen molar-refractivity contribution in [2.75, 3.05) is 36.0 Å². The molecule has 22 heavy (non-hydrogen) atoms. The van der Waals surface area contributed by atoms with Crippen molar-refractivity contribution in [2.24, 2.45) is 0 Å². The molecule has 2 aromatic rings. The zero-order chi connectivity index (χ0) is 14.8. The van der Waals surface area contributed by atoms with Gasteiger partial charge in [0.05, 0.1) is 5.52 Å². The number of hydrogen-bond acceptors (Lipinski definition) is 4. The number of anilines is 2.